The Morgan fingerprint density at radius 3 is 2.75 bits per heavy atom. The lowest BCUT2D eigenvalue weighted by Gasteiger charge is -2.29. The normalized spacial score (nSPS) is 20.7. The van der Waals surface area contributed by atoms with E-state index in [1.54, 1.807) is 0 Å². The molecule has 0 radical (unpaired) electrons. The lowest BCUT2D eigenvalue weighted by molar-refractivity contribution is -0.134. The molecule has 0 spiro atoms. The molecule has 3 aliphatic rings. The highest BCUT2D eigenvalue weighted by Crippen LogP contribution is 2.24. The maximum Gasteiger partial charge on any atom is 0.328 e. The third-order valence-electron chi connectivity index (χ3n) is 4.91. The number of piperidine rings is 1. The fourth-order valence-corrected chi connectivity index (χ4v) is 4.86. The number of fused-ring (bicyclic) bond motifs is 2. The first kappa shape index (κ1) is 20.2. The van der Waals surface area contributed by atoms with Gasteiger partial charge < -0.3 is 15.1 Å². The zero-order valence-corrected chi connectivity index (χ0v) is 16.6. The summed E-state index contributed by atoms with van der Waals surface area (Å²) in [6, 6.07) is 0. The van der Waals surface area contributed by atoms with Crippen LogP contribution in [0.2, 0.25) is 0 Å². The summed E-state index contributed by atoms with van der Waals surface area (Å²) in [7, 11) is 2.24. The third-order valence-corrected chi connectivity index (χ3v) is 5.93. The summed E-state index contributed by atoms with van der Waals surface area (Å²) in [4.78, 5) is 26.5. The molecule has 1 atom stereocenters. The number of carboxylic acid groups (broad SMARTS) is 2. The summed E-state index contributed by atoms with van der Waals surface area (Å²) < 4.78 is 1.38. The van der Waals surface area contributed by atoms with Gasteiger partial charge >= 0.3 is 11.9 Å². The summed E-state index contributed by atoms with van der Waals surface area (Å²) in [6.07, 6.45) is 15.0. The van der Waals surface area contributed by atoms with E-state index in [0.29, 0.717) is 12.2 Å². The molecule has 1 unspecified atom stereocenters. The molecule has 2 aliphatic carbocycles. The van der Waals surface area contributed by atoms with Crippen LogP contribution in [0.1, 0.15) is 24.3 Å². The Kier molecular flexibility index (Phi) is 6.59. The molecule has 1 aromatic heterocycles. The van der Waals surface area contributed by atoms with Gasteiger partial charge in [0.15, 0.2) is 0 Å². The van der Waals surface area contributed by atoms with Crippen molar-refractivity contribution < 1.29 is 19.8 Å². The molecule has 1 saturated heterocycles. The Morgan fingerprint density at radius 2 is 2.07 bits per heavy atom. The number of likely N-dealkylation sites (tertiary alicyclic amines) is 1. The van der Waals surface area contributed by atoms with Crippen LogP contribution in [0.5, 0.6) is 0 Å². The quantitative estimate of drug-likeness (QED) is 0.746. The molecule has 7 heteroatoms. The molecular weight excluding hydrogens is 376 g/mol. The molecule has 0 amide bonds. The van der Waals surface area contributed by atoms with Gasteiger partial charge in [-0.25, -0.2) is 14.6 Å². The molecule has 28 heavy (non-hydrogen) atoms. The molecule has 2 N–H and O–H groups in total. The number of hydrogen-bond acceptors (Lipinski definition) is 5. The molecule has 2 heterocycles. The van der Waals surface area contributed by atoms with Crippen molar-refractivity contribution in [3.8, 4) is 0 Å². The highest BCUT2D eigenvalue weighted by molar-refractivity contribution is 7.09. The van der Waals surface area contributed by atoms with Gasteiger partial charge in [-0.2, -0.15) is 0 Å². The number of aliphatic carboxylic acids is 2. The van der Waals surface area contributed by atoms with Gasteiger partial charge in [0.25, 0.3) is 0 Å². The topological polar surface area (TPSA) is 90.7 Å². The lowest BCUT2D eigenvalue weighted by atomic mass is 9.95. The van der Waals surface area contributed by atoms with Crippen molar-refractivity contribution in [1.29, 1.82) is 0 Å². The van der Waals surface area contributed by atoms with Crippen LogP contribution in [0.15, 0.2) is 36.0 Å². The highest BCUT2D eigenvalue weighted by atomic mass is 32.1. The zero-order valence-electron chi connectivity index (χ0n) is 15.8. The summed E-state index contributed by atoms with van der Waals surface area (Å²) in [6.45, 7) is 2.50. The minimum Gasteiger partial charge on any atom is -0.478 e. The van der Waals surface area contributed by atoms with Gasteiger partial charge in [-0.15, -0.1) is 11.3 Å². The Hall–Kier alpha value is -2.51. The number of allylic oxidation sites excluding steroid dienone is 4. The van der Waals surface area contributed by atoms with E-state index in [1.807, 2.05) is 11.3 Å². The third kappa shape index (κ3) is 5.27. The number of carboxylic acids is 2. The summed E-state index contributed by atoms with van der Waals surface area (Å²) in [5, 5.41) is 18.2. The van der Waals surface area contributed by atoms with E-state index in [0.717, 1.165) is 18.8 Å². The predicted octanol–water partition coefficient (Wildman–Crippen LogP) is 1.57. The van der Waals surface area contributed by atoms with Crippen LogP contribution >= 0.6 is 11.3 Å². The van der Waals surface area contributed by atoms with Crippen LogP contribution in [0.3, 0.4) is 0 Å². The van der Waals surface area contributed by atoms with Crippen LogP contribution in [0.25, 0.3) is 11.6 Å². The van der Waals surface area contributed by atoms with Crippen molar-refractivity contribution in [3.05, 3.63) is 50.8 Å². The first-order valence-electron chi connectivity index (χ1n) is 9.32. The first-order valence-corrected chi connectivity index (χ1v) is 10.1. The fraction of sp³-hybridized carbons (Fsp3) is 0.381. The van der Waals surface area contributed by atoms with Gasteiger partial charge in [-0.1, -0.05) is 18.2 Å². The van der Waals surface area contributed by atoms with Crippen molar-refractivity contribution in [1.82, 2.24) is 9.88 Å². The van der Waals surface area contributed by atoms with E-state index in [4.69, 9.17) is 15.2 Å². The van der Waals surface area contributed by atoms with Crippen molar-refractivity contribution >= 4 is 34.9 Å². The van der Waals surface area contributed by atoms with Gasteiger partial charge in [0.2, 0.25) is 0 Å². The van der Waals surface area contributed by atoms with Gasteiger partial charge in [0.1, 0.15) is 0 Å². The van der Waals surface area contributed by atoms with E-state index >= 15 is 0 Å². The number of thiazole rings is 1. The summed E-state index contributed by atoms with van der Waals surface area (Å²) in [5.74, 6) is -1.72. The molecule has 1 aliphatic heterocycles. The van der Waals surface area contributed by atoms with E-state index in [-0.39, 0.29) is 0 Å². The SMILES string of the molecule is CN1CCCC(Cc2nc3c(s2)=CC2=CC=CCC=32)C1.O=C(O)C=CC(=O)O. The Morgan fingerprint density at radius 1 is 1.32 bits per heavy atom. The average Bonchev–Trinajstić information content (AvgIpc) is 3.18. The van der Waals surface area contributed by atoms with E-state index < -0.39 is 11.9 Å². The number of rotatable bonds is 4. The maximum atomic E-state index is 9.55. The van der Waals surface area contributed by atoms with E-state index in [1.165, 1.54) is 52.0 Å². The average molecular weight is 401 g/mol. The second-order valence-electron chi connectivity index (χ2n) is 7.18. The van der Waals surface area contributed by atoms with Crippen molar-refractivity contribution in [3.63, 3.8) is 0 Å². The van der Waals surface area contributed by atoms with Gasteiger partial charge in [-0.3, -0.25) is 0 Å². The van der Waals surface area contributed by atoms with Gasteiger partial charge in [-0.05, 0) is 56.0 Å². The van der Waals surface area contributed by atoms with Crippen molar-refractivity contribution in [2.75, 3.05) is 20.1 Å². The lowest BCUT2D eigenvalue weighted by Crippen LogP contribution is -2.33. The van der Waals surface area contributed by atoms with Crippen LogP contribution in [0.4, 0.5) is 0 Å². The van der Waals surface area contributed by atoms with Crippen molar-refractivity contribution in [2.24, 2.45) is 5.92 Å². The standard InChI is InChI=1S/C17H20N2S.C4H4O4/c1-19-8-4-5-12(11-19)9-16-18-17-14-7-3-2-6-13(14)10-15(17)20-16;5-3(6)1-2-4(7)8/h2-3,6,10,12H,4-5,7-9,11H2,1H3;1-2H,(H,5,6)(H,7,8). The zero-order chi connectivity index (χ0) is 20.1. The first-order chi connectivity index (χ1) is 13.4. The Bertz CT molecular complexity index is 955. The number of aromatic nitrogens is 1. The Labute approximate surface area is 167 Å². The van der Waals surface area contributed by atoms with E-state index in [2.05, 4.69) is 36.3 Å². The second kappa shape index (κ2) is 9.12. The fourth-order valence-electron chi connectivity index (χ4n) is 3.69. The molecule has 0 bridgehead atoms. The Balaban J connectivity index is 0.000000242. The molecular formula is C21H24N2O4S. The summed E-state index contributed by atoms with van der Waals surface area (Å²) in [5.41, 5.74) is 2.82. The molecule has 6 nitrogen and oxygen atoms in total. The minimum atomic E-state index is -1.26. The molecule has 148 valence electrons. The minimum absolute atomic E-state index is 0.558. The number of nitrogens with zero attached hydrogens (tertiary/aromatic N) is 2. The van der Waals surface area contributed by atoms with Crippen LogP contribution in [-0.2, 0) is 16.0 Å². The highest BCUT2D eigenvalue weighted by Gasteiger charge is 2.20. The maximum absolute atomic E-state index is 9.55. The predicted molar refractivity (Wildman–Crippen MR) is 109 cm³/mol. The van der Waals surface area contributed by atoms with Gasteiger partial charge in [0.05, 0.1) is 14.9 Å². The molecule has 1 aromatic rings. The molecule has 0 saturated carbocycles. The van der Waals surface area contributed by atoms with Crippen molar-refractivity contribution in [2.45, 2.75) is 25.7 Å². The summed E-state index contributed by atoms with van der Waals surface area (Å²) >= 11 is 1.91. The van der Waals surface area contributed by atoms with E-state index in [9.17, 15) is 9.59 Å². The van der Waals surface area contributed by atoms with Crippen LogP contribution in [-0.4, -0.2) is 52.2 Å². The van der Waals surface area contributed by atoms with Crippen LogP contribution in [0, 0.1) is 5.92 Å². The molecule has 0 aromatic carbocycles. The smallest absolute Gasteiger partial charge is 0.328 e. The van der Waals surface area contributed by atoms with Crippen LogP contribution < -0.4 is 9.88 Å². The second-order valence-corrected chi connectivity index (χ2v) is 8.30. The largest absolute Gasteiger partial charge is 0.478 e. The number of carbonyl (C=O) groups is 2. The molecule has 4 rings (SSSR count). The van der Waals surface area contributed by atoms with Gasteiger partial charge in [0, 0.05) is 25.1 Å². The number of hydrogen-bond donors (Lipinski definition) is 2. The molecule has 1 fully saturated rings. The monoisotopic (exact) mass is 400 g/mol.